The van der Waals surface area contributed by atoms with Crippen molar-refractivity contribution in [3.05, 3.63) is 63.9 Å². The predicted molar refractivity (Wildman–Crippen MR) is 112 cm³/mol. The fourth-order valence-corrected chi connectivity index (χ4v) is 4.82. The molecule has 1 fully saturated rings. The van der Waals surface area contributed by atoms with E-state index in [1.165, 1.54) is 12.1 Å². The van der Waals surface area contributed by atoms with Crippen LogP contribution < -0.4 is 5.32 Å². The van der Waals surface area contributed by atoms with Crippen molar-refractivity contribution in [1.82, 2.24) is 15.2 Å². The highest BCUT2D eigenvalue weighted by Crippen LogP contribution is 2.34. The number of nitrogens with one attached hydrogen (secondary N) is 1. The van der Waals surface area contributed by atoms with Crippen LogP contribution in [0.15, 0.2) is 42.5 Å². The van der Waals surface area contributed by atoms with E-state index < -0.39 is 0 Å². The van der Waals surface area contributed by atoms with Gasteiger partial charge in [-0.1, -0.05) is 23.7 Å². The molecule has 0 unspecified atom stereocenters. The molecule has 0 spiro atoms. The molecule has 4 rings (SSSR count). The number of urea groups is 1. The number of halogens is 2. The highest BCUT2D eigenvalue weighted by atomic mass is 35.5. The van der Waals surface area contributed by atoms with Gasteiger partial charge in [0.2, 0.25) is 0 Å². The van der Waals surface area contributed by atoms with Crippen molar-refractivity contribution < 1.29 is 9.18 Å². The topological polar surface area (TPSA) is 45.2 Å². The number of benzene rings is 2. The average molecular weight is 418 g/mol. The largest absolute Gasteiger partial charge is 0.338 e. The summed E-state index contributed by atoms with van der Waals surface area (Å²) < 4.78 is 14.4. The van der Waals surface area contributed by atoms with Crippen molar-refractivity contribution in [1.29, 1.82) is 0 Å². The van der Waals surface area contributed by atoms with Gasteiger partial charge in [-0.3, -0.25) is 0 Å². The maximum Gasteiger partial charge on any atom is 0.317 e. The van der Waals surface area contributed by atoms with E-state index in [1.54, 1.807) is 17.4 Å². The van der Waals surface area contributed by atoms with Crippen molar-refractivity contribution in [2.45, 2.75) is 25.2 Å². The van der Waals surface area contributed by atoms with Crippen LogP contribution in [0.3, 0.4) is 0 Å². The van der Waals surface area contributed by atoms with E-state index in [1.807, 2.05) is 29.2 Å². The van der Waals surface area contributed by atoms with Gasteiger partial charge in [-0.15, -0.1) is 11.3 Å². The number of rotatable bonds is 4. The van der Waals surface area contributed by atoms with Gasteiger partial charge in [-0.25, -0.2) is 14.2 Å². The molecule has 4 nitrogen and oxygen atoms in total. The molecule has 28 heavy (non-hydrogen) atoms. The van der Waals surface area contributed by atoms with Crippen LogP contribution in [0.25, 0.3) is 10.2 Å². The number of carbonyl (C=O) groups is 1. The van der Waals surface area contributed by atoms with Gasteiger partial charge in [0.1, 0.15) is 5.82 Å². The lowest BCUT2D eigenvalue weighted by Crippen LogP contribution is -2.44. The van der Waals surface area contributed by atoms with Gasteiger partial charge in [-0.05, 0) is 55.2 Å². The normalized spacial score (nSPS) is 15.1. The molecule has 0 radical (unpaired) electrons. The summed E-state index contributed by atoms with van der Waals surface area (Å²) in [6.07, 6.45) is 2.43. The summed E-state index contributed by atoms with van der Waals surface area (Å²) in [7, 11) is 0. The average Bonchev–Trinajstić information content (AvgIpc) is 3.11. The summed E-state index contributed by atoms with van der Waals surface area (Å²) in [4.78, 5) is 19.0. The number of piperidine rings is 1. The van der Waals surface area contributed by atoms with E-state index in [2.05, 4.69) is 5.32 Å². The van der Waals surface area contributed by atoms with Crippen molar-refractivity contribution in [2.24, 2.45) is 0 Å². The van der Waals surface area contributed by atoms with E-state index in [0.29, 0.717) is 37.0 Å². The van der Waals surface area contributed by atoms with Crippen molar-refractivity contribution >= 4 is 39.2 Å². The number of carbonyl (C=O) groups excluding carboxylic acids is 1. The molecule has 7 heteroatoms. The Balaban J connectivity index is 1.27. The van der Waals surface area contributed by atoms with Crippen molar-refractivity contribution in [3.63, 3.8) is 0 Å². The molecule has 1 N–H and O–H groups in total. The Bertz CT molecular complexity index is 985. The van der Waals surface area contributed by atoms with Gasteiger partial charge in [0.25, 0.3) is 0 Å². The minimum Gasteiger partial charge on any atom is -0.338 e. The number of aromatic nitrogens is 1. The van der Waals surface area contributed by atoms with Crippen LogP contribution in [0.1, 0.15) is 29.3 Å². The van der Waals surface area contributed by atoms with E-state index in [-0.39, 0.29) is 11.8 Å². The minimum atomic E-state index is -0.247. The molecule has 2 amide bonds. The Labute approximate surface area is 172 Å². The van der Waals surface area contributed by atoms with Crippen LogP contribution in [0.4, 0.5) is 9.18 Å². The fraction of sp³-hybridized carbons (Fsp3) is 0.333. The number of nitrogens with zero attached hydrogens (tertiary/aromatic N) is 2. The summed E-state index contributed by atoms with van der Waals surface area (Å²) >= 11 is 7.77. The minimum absolute atomic E-state index is 0.0501. The third-order valence-electron chi connectivity index (χ3n) is 5.08. The Hall–Kier alpha value is -2.18. The quantitative estimate of drug-likeness (QED) is 0.632. The number of likely N-dealkylation sites (tertiary alicyclic amines) is 1. The van der Waals surface area contributed by atoms with Gasteiger partial charge in [0.15, 0.2) is 0 Å². The van der Waals surface area contributed by atoms with Crippen LogP contribution >= 0.6 is 22.9 Å². The monoisotopic (exact) mass is 417 g/mol. The second-order valence-corrected chi connectivity index (χ2v) is 8.54. The summed E-state index contributed by atoms with van der Waals surface area (Å²) in [5, 5.41) is 4.77. The van der Waals surface area contributed by atoms with Gasteiger partial charge in [-0.2, -0.15) is 0 Å². The number of hydrogen-bond donors (Lipinski definition) is 1. The zero-order valence-electron chi connectivity index (χ0n) is 15.3. The molecular weight excluding hydrogens is 397 g/mol. The summed E-state index contributed by atoms with van der Waals surface area (Å²) in [5.74, 6) is 0.135. The number of thiazole rings is 1. The maximum atomic E-state index is 13.2. The molecule has 0 bridgehead atoms. The van der Waals surface area contributed by atoms with E-state index in [0.717, 1.165) is 33.6 Å². The second kappa shape index (κ2) is 8.45. The molecule has 2 aromatic carbocycles. The van der Waals surface area contributed by atoms with Crippen LogP contribution in [0.5, 0.6) is 0 Å². The van der Waals surface area contributed by atoms with Gasteiger partial charge < -0.3 is 10.2 Å². The molecule has 1 saturated heterocycles. The van der Waals surface area contributed by atoms with Crippen molar-refractivity contribution in [2.75, 3.05) is 19.6 Å². The predicted octanol–water partition coefficient (Wildman–Crippen LogP) is 5.22. The lowest BCUT2D eigenvalue weighted by Gasteiger charge is -2.31. The Morgan fingerprint density at radius 1 is 1.25 bits per heavy atom. The van der Waals surface area contributed by atoms with E-state index >= 15 is 0 Å². The highest BCUT2D eigenvalue weighted by molar-refractivity contribution is 7.18. The first-order valence-corrected chi connectivity index (χ1v) is 10.6. The molecule has 0 aliphatic carbocycles. The zero-order valence-corrected chi connectivity index (χ0v) is 16.9. The third-order valence-corrected chi connectivity index (χ3v) is 6.51. The van der Waals surface area contributed by atoms with Crippen LogP contribution in [0, 0.1) is 5.82 Å². The lowest BCUT2D eigenvalue weighted by atomic mass is 9.98. The maximum absolute atomic E-state index is 13.2. The molecule has 2 heterocycles. The first-order chi connectivity index (χ1) is 13.6. The Morgan fingerprint density at radius 3 is 2.86 bits per heavy atom. The van der Waals surface area contributed by atoms with Crippen LogP contribution in [0.2, 0.25) is 5.02 Å². The summed E-state index contributed by atoms with van der Waals surface area (Å²) in [6, 6.07) is 12.2. The zero-order chi connectivity index (χ0) is 19.5. The SMILES string of the molecule is O=C(NCCc1cccc(F)c1)N1CCC(c2nc3cc(Cl)ccc3s2)CC1. The molecule has 146 valence electrons. The molecule has 0 atom stereocenters. The third kappa shape index (κ3) is 4.45. The smallest absolute Gasteiger partial charge is 0.317 e. The van der Waals surface area contributed by atoms with E-state index in [4.69, 9.17) is 16.6 Å². The Morgan fingerprint density at radius 2 is 2.07 bits per heavy atom. The highest BCUT2D eigenvalue weighted by Gasteiger charge is 2.25. The molecule has 1 aromatic heterocycles. The standard InChI is InChI=1S/C21H21ClFN3OS/c22-16-4-5-19-18(13-16)25-20(28-19)15-7-10-26(11-8-15)21(27)24-9-6-14-2-1-3-17(23)12-14/h1-5,12-13,15H,6-11H2,(H,24,27). The van der Waals surface area contributed by atoms with Crippen molar-refractivity contribution in [3.8, 4) is 0 Å². The van der Waals surface area contributed by atoms with Crippen LogP contribution in [-0.2, 0) is 6.42 Å². The van der Waals surface area contributed by atoms with Gasteiger partial charge in [0, 0.05) is 30.6 Å². The number of hydrogen-bond acceptors (Lipinski definition) is 3. The molecular formula is C21H21ClFN3OS. The molecule has 1 aliphatic rings. The summed E-state index contributed by atoms with van der Waals surface area (Å²) in [5.41, 5.74) is 1.83. The first kappa shape index (κ1) is 19.2. The van der Waals surface area contributed by atoms with Gasteiger partial charge in [0.05, 0.1) is 15.2 Å². The fourth-order valence-electron chi connectivity index (χ4n) is 3.54. The number of amides is 2. The Kier molecular flexibility index (Phi) is 5.78. The number of fused-ring (bicyclic) bond motifs is 1. The van der Waals surface area contributed by atoms with E-state index in [9.17, 15) is 9.18 Å². The molecule has 1 aliphatic heterocycles. The second-order valence-electron chi connectivity index (χ2n) is 7.04. The van der Waals surface area contributed by atoms with Gasteiger partial charge >= 0.3 is 6.03 Å². The summed E-state index contributed by atoms with van der Waals surface area (Å²) in [6.45, 7) is 1.93. The van der Waals surface area contributed by atoms with Crippen LogP contribution in [-0.4, -0.2) is 35.5 Å². The molecule has 3 aromatic rings. The molecule has 0 saturated carbocycles. The lowest BCUT2D eigenvalue weighted by molar-refractivity contribution is 0.181. The first-order valence-electron chi connectivity index (χ1n) is 9.42.